The molecule has 0 saturated carbocycles. The molecule has 0 aliphatic heterocycles. The standard InChI is InChI=1S/C4H3F2N/c1-2-4(5,6)3-7/h2H,1H2. The first-order chi connectivity index (χ1) is 3.12. The predicted molar refractivity (Wildman–Crippen MR) is 20.8 cm³/mol. The average molecular weight is 103 g/mol. The first-order valence-electron chi connectivity index (χ1n) is 1.55. The number of alkyl halides is 2. The maximum Gasteiger partial charge on any atom is 0.350 e. The van der Waals surface area contributed by atoms with Gasteiger partial charge >= 0.3 is 5.92 Å². The Labute approximate surface area is 39.9 Å². The molecule has 0 aromatic heterocycles. The molecule has 0 N–H and O–H groups in total. The molecule has 0 radical (unpaired) electrons. The van der Waals surface area contributed by atoms with Gasteiger partial charge in [-0.05, 0) is 6.08 Å². The number of allylic oxidation sites excluding steroid dienone is 1. The summed E-state index contributed by atoms with van der Waals surface area (Å²) in [4.78, 5) is 0. The fraction of sp³-hybridized carbons (Fsp3) is 0.250. The highest BCUT2D eigenvalue weighted by Gasteiger charge is 2.21. The molecule has 0 heterocycles. The zero-order valence-electron chi connectivity index (χ0n) is 3.49. The third kappa shape index (κ3) is 1.88. The van der Waals surface area contributed by atoms with Gasteiger partial charge in [0.25, 0.3) is 0 Å². The summed E-state index contributed by atoms with van der Waals surface area (Å²) in [6, 6.07) is 0.740. The molecule has 0 bridgehead atoms. The molecular formula is C4H3F2N. The molecule has 0 aromatic rings. The maximum absolute atomic E-state index is 11.4. The highest BCUT2D eigenvalue weighted by atomic mass is 19.3. The number of hydrogen-bond donors (Lipinski definition) is 0. The van der Waals surface area contributed by atoms with Crippen molar-refractivity contribution < 1.29 is 8.78 Å². The fourth-order valence-electron chi connectivity index (χ4n) is 0.0456. The molecule has 0 fully saturated rings. The van der Waals surface area contributed by atoms with E-state index in [0.717, 1.165) is 6.07 Å². The van der Waals surface area contributed by atoms with Crippen LogP contribution in [0.2, 0.25) is 0 Å². The molecule has 0 spiro atoms. The first-order valence-corrected chi connectivity index (χ1v) is 1.55. The van der Waals surface area contributed by atoms with Crippen LogP contribution in [0.4, 0.5) is 8.78 Å². The lowest BCUT2D eigenvalue weighted by molar-refractivity contribution is 0.121. The minimum absolute atomic E-state index is 0.299. The van der Waals surface area contributed by atoms with E-state index in [1.54, 1.807) is 0 Å². The Hall–Kier alpha value is -0.910. The molecule has 0 rings (SSSR count). The highest BCUT2D eigenvalue weighted by molar-refractivity contribution is 5.04. The van der Waals surface area contributed by atoms with E-state index in [-0.39, 0.29) is 0 Å². The molecule has 3 heteroatoms. The van der Waals surface area contributed by atoms with Gasteiger partial charge in [0, 0.05) is 0 Å². The molecule has 0 aliphatic carbocycles. The van der Waals surface area contributed by atoms with E-state index in [1.807, 2.05) is 0 Å². The van der Waals surface area contributed by atoms with Gasteiger partial charge in [-0.3, -0.25) is 0 Å². The van der Waals surface area contributed by atoms with Gasteiger partial charge in [0.1, 0.15) is 6.07 Å². The Morgan fingerprint density at radius 1 is 1.71 bits per heavy atom. The quantitative estimate of drug-likeness (QED) is 0.459. The summed E-state index contributed by atoms with van der Waals surface area (Å²) in [6.45, 7) is 2.73. The van der Waals surface area contributed by atoms with Gasteiger partial charge in [0.05, 0.1) is 0 Å². The van der Waals surface area contributed by atoms with Crippen LogP contribution in [0.3, 0.4) is 0 Å². The Morgan fingerprint density at radius 3 is 2.14 bits per heavy atom. The Bertz CT molecular complexity index is 111. The Morgan fingerprint density at radius 2 is 2.14 bits per heavy atom. The summed E-state index contributed by atoms with van der Waals surface area (Å²) in [5.41, 5.74) is 0. The van der Waals surface area contributed by atoms with Crippen LogP contribution in [0.5, 0.6) is 0 Å². The zero-order chi connectivity index (χ0) is 5.91. The van der Waals surface area contributed by atoms with Crippen LogP contribution in [-0.2, 0) is 0 Å². The minimum atomic E-state index is -3.35. The van der Waals surface area contributed by atoms with Crippen LogP contribution in [-0.4, -0.2) is 5.92 Å². The van der Waals surface area contributed by atoms with Gasteiger partial charge < -0.3 is 0 Å². The van der Waals surface area contributed by atoms with Crippen molar-refractivity contribution in [1.29, 1.82) is 5.26 Å². The largest absolute Gasteiger partial charge is 0.350 e. The second-order valence-electron chi connectivity index (χ2n) is 0.939. The topological polar surface area (TPSA) is 23.8 Å². The third-order valence-electron chi connectivity index (χ3n) is 0.405. The number of halogens is 2. The lowest BCUT2D eigenvalue weighted by atomic mass is 10.4. The SMILES string of the molecule is C=CC(F)(F)C#N. The number of hydrogen-bond acceptors (Lipinski definition) is 1. The van der Waals surface area contributed by atoms with Crippen LogP contribution in [0, 0.1) is 11.3 Å². The Kier molecular flexibility index (Phi) is 1.47. The first kappa shape index (κ1) is 6.09. The van der Waals surface area contributed by atoms with Gasteiger partial charge in [-0.2, -0.15) is 14.0 Å². The molecular weight excluding hydrogens is 100 g/mol. The van der Waals surface area contributed by atoms with Crippen molar-refractivity contribution in [2.45, 2.75) is 5.92 Å². The molecule has 0 atom stereocenters. The van der Waals surface area contributed by atoms with E-state index >= 15 is 0 Å². The molecule has 0 aromatic carbocycles. The van der Waals surface area contributed by atoms with E-state index in [4.69, 9.17) is 5.26 Å². The van der Waals surface area contributed by atoms with E-state index in [2.05, 4.69) is 6.58 Å². The third-order valence-corrected chi connectivity index (χ3v) is 0.405. The molecule has 38 valence electrons. The number of nitrogens with zero attached hydrogens (tertiary/aromatic N) is 1. The summed E-state index contributed by atoms with van der Waals surface area (Å²) < 4.78 is 22.8. The van der Waals surface area contributed by atoms with E-state index in [9.17, 15) is 8.78 Å². The second-order valence-corrected chi connectivity index (χ2v) is 0.939. The molecule has 1 nitrogen and oxygen atoms in total. The summed E-state index contributed by atoms with van der Waals surface area (Å²) in [5, 5.41) is 7.52. The summed E-state index contributed by atoms with van der Waals surface area (Å²) in [7, 11) is 0. The molecule has 7 heavy (non-hydrogen) atoms. The average Bonchev–Trinajstić information content (AvgIpc) is 1.68. The van der Waals surface area contributed by atoms with Crippen LogP contribution in [0.15, 0.2) is 12.7 Å². The summed E-state index contributed by atoms with van der Waals surface area (Å²) >= 11 is 0. The van der Waals surface area contributed by atoms with Crippen molar-refractivity contribution in [3.8, 4) is 6.07 Å². The summed E-state index contributed by atoms with van der Waals surface area (Å²) in [6.07, 6.45) is 0.299. The fourth-order valence-corrected chi connectivity index (χ4v) is 0.0456. The summed E-state index contributed by atoms with van der Waals surface area (Å²) in [5.74, 6) is -3.35. The monoisotopic (exact) mass is 103 g/mol. The molecule has 0 aliphatic rings. The predicted octanol–water partition coefficient (Wildman–Crippen LogP) is 1.33. The van der Waals surface area contributed by atoms with Crippen LogP contribution in [0.25, 0.3) is 0 Å². The minimum Gasteiger partial charge on any atom is -0.191 e. The molecule has 0 unspecified atom stereocenters. The van der Waals surface area contributed by atoms with Gasteiger partial charge in [-0.25, -0.2) is 0 Å². The van der Waals surface area contributed by atoms with E-state index in [0.29, 0.717) is 6.08 Å². The van der Waals surface area contributed by atoms with Gasteiger partial charge in [-0.15, -0.1) is 0 Å². The number of nitriles is 1. The van der Waals surface area contributed by atoms with Crippen molar-refractivity contribution >= 4 is 0 Å². The Balaban J connectivity index is 3.91. The highest BCUT2D eigenvalue weighted by Crippen LogP contribution is 2.10. The van der Waals surface area contributed by atoms with Crippen LogP contribution in [0.1, 0.15) is 0 Å². The van der Waals surface area contributed by atoms with Crippen LogP contribution >= 0.6 is 0 Å². The molecule has 0 saturated heterocycles. The van der Waals surface area contributed by atoms with Crippen molar-refractivity contribution in [3.05, 3.63) is 12.7 Å². The van der Waals surface area contributed by atoms with E-state index in [1.165, 1.54) is 0 Å². The normalized spacial score (nSPS) is 9.86. The lowest BCUT2D eigenvalue weighted by Crippen LogP contribution is -2.05. The maximum atomic E-state index is 11.4. The van der Waals surface area contributed by atoms with Gasteiger partial charge in [0.2, 0.25) is 0 Å². The van der Waals surface area contributed by atoms with Crippen molar-refractivity contribution in [1.82, 2.24) is 0 Å². The molecule has 0 amide bonds. The second kappa shape index (κ2) is 1.69. The zero-order valence-corrected chi connectivity index (χ0v) is 3.49. The van der Waals surface area contributed by atoms with Gasteiger partial charge in [0.15, 0.2) is 0 Å². The van der Waals surface area contributed by atoms with Crippen molar-refractivity contribution in [2.75, 3.05) is 0 Å². The van der Waals surface area contributed by atoms with Gasteiger partial charge in [-0.1, -0.05) is 6.58 Å². The lowest BCUT2D eigenvalue weighted by Gasteiger charge is -1.93. The van der Waals surface area contributed by atoms with E-state index < -0.39 is 5.92 Å². The smallest absolute Gasteiger partial charge is 0.191 e. The van der Waals surface area contributed by atoms with Crippen molar-refractivity contribution in [3.63, 3.8) is 0 Å². The van der Waals surface area contributed by atoms with Crippen molar-refractivity contribution in [2.24, 2.45) is 0 Å². The van der Waals surface area contributed by atoms with Crippen LogP contribution < -0.4 is 0 Å². The number of rotatable bonds is 1.